The smallest absolute Gasteiger partial charge is 0.315 e. The van der Waals surface area contributed by atoms with Crippen molar-refractivity contribution in [1.82, 2.24) is 15.5 Å². The molecule has 2 aliphatic rings. The van der Waals surface area contributed by atoms with E-state index in [1.165, 1.54) is 23.1 Å². The lowest BCUT2D eigenvalue weighted by Crippen LogP contribution is -2.54. The van der Waals surface area contributed by atoms with Gasteiger partial charge in [0.25, 0.3) is 5.91 Å². The van der Waals surface area contributed by atoms with Gasteiger partial charge in [-0.15, -0.1) is 0 Å². The minimum absolute atomic E-state index is 0.0726. The Hall–Kier alpha value is -3.49. The highest BCUT2D eigenvalue weighted by Gasteiger charge is 2.45. The normalized spacial score (nSPS) is 20.1. The number of nitrogens with zero attached hydrogens (tertiary/aromatic N) is 1. The van der Waals surface area contributed by atoms with Gasteiger partial charge >= 0.3 is 6.03 Å². The van der Waals surface area contributed by atoms with Gasteiger partial charge in [0.15, 0.2) is 0 Å². The second kappa shape index (κ2) is 7.98. The molecule has 7 nitrogen and oxygen atoms in total. The largest absolute Gasteiger partial charge is 0.336 e. The second-order valence-electron chi connectivity index (χ2n) is 7.98. The Morgan fingerprint density at radius 1 is 1.13 bits per heavy atom. The SMILES string of the molecule is CC(C)NC(=O)NC1CCN2C(=O)c3cc(-c4ccc(F)cc4F)ccc3NC(=O)C12. The van der Waals surface area contributed by atoms with Gasteiger partial charge in [-0.2, -0.15) is 0 Å². The van der Waals surface area contributed by atoms with Crippen LogP contribution in [0.4, 0.5) is 19.3 Å². The molecule has 3 N–H and O–H groups in total. The van der Waals surface area contributed by atoms with Crippen LogP contribution in [0.5, 0.6) is 0 Å². The summed E-state index contributed by atoms with van der Waals surface area (Å²) in [5.41, 5.74) is 1.06. The van der Waals surface area contributed by atoms with Crippen LogP contribution in [0.3, 0.4) is 0 Å². The molecular weight excluding hydrogens is 406 g/mol. The topological polar surface area (TPSA) is 90.5 Å². The van der Waals surface area contributed by atoms with Crippen molar-refractivity contribution in [3.05, 3.63) is 53.6 Å². The number of hydrogen-bond donors (Lipinski definition) is 3. The first-order valence-corrected chi connectivity index (χ1v) is 10.0. The molecule has 4 rings (SSSR count). The molecule has 0 radical (unpaired) electrons. The number of urea groups is 1. The molecule has 9 heteroatoms. The number of fused-ring (bicyclic) bond motifs is 2. The lowest BCUT2D eigenvalue weighted by molar-refractivity contribution is -0.120. The number of anilines is 1. The van der Waals surface area contributed by atoms with Crippen LogP contribution in [0.2, 0.25) is 0 Å². The van der Waals surface area contributed by atoms with E-state index in [2.05, 4.69) is 16.0 Å². The van der Waals surface area contributed by atoms with Gasteiger partial charge in [0, 0.05) is 24.2 Å². The summed E-state index contributed by atoms with van der Waals surface area (Å²) in [5.74, 6) is -2.24. The lowest BCUT2D eigenvalue weighted by atomic mass is 10.0. The van der Waals surface area contributed by atoms with E-state index >= 15 is 0 Å². The molecule has 0 spiro atoms. The first-order chi connectivity index (χ1) is 14.7. The Kier molecular flexibility index (Phi) is 5.34. The van der Waals surface area contributed by atoms with Crippen LogP contribution in [-0.2, 0) is 4.79 Å². The Labute approximate surface area is 177 Å². The van der Waals surface area contributed by atoms with Crippen LogP contribution in [0, 0.1) is 11.6 Å². The number of carbonyl (C=O) groups excluding carboxylic acids is 3. The number of halogens is 2. The number of hydrogen-bond acceptors (Lipinski definition) is 3. The number of benzene rings is 2. The average molecular weight is 428 g/mol. The Balaban J connectivity index is 1.64. The molecule has 31 heavy (non-hydrogen) atoms. The van der Waals surface area contributed by atoms with Gasteiger partial charge in [0.2, 0.25) is 5.91 Å². The molecule has 2 aliphatic heterocycles. The fourth-order valence-corrected chi connectivity index (χ4v) is 4.05. The molecule has 2 atom stereocenters. The minimum Gasteiger partial charge on any atom is -0.336 e. The van der Waals surface area contributed by atoms with Crippen molar-refractivity contribution >= 4 is 23.5 Å². The van der Waals surface area contributed by atoms with Gasteiger partial charge in [0.1, 0.15) is 17.7 Å². The maximum Gasteiger partial charge on any atom is 0.315 e. The van der Waals surface area contributed by atoms with Crippen molar-refractivity contribution in [2.45, 2.75) is 38.4 Å². The molecule has 162 valence electrons. The summed E-state index contributed by atoms with van der Waals surface area (Å²) in [5, 5.41) is 8.23. The zero-order chi connectivity index (χ0) is 22.3. The molecule has 2 unspecified atom stereocenters. The third kappa shape index (κ3) is 3.95. The van der Waals surface area contributed by atoms with E-state index in [0.717, 1.165) is 12.1 Å². The molecule has 4 amide bonds. The summed E-state index contributed by atoms with van der Waals surface area (Å²) in [6, 6.07) is 5.93. The zero-order valence-electron chi connectivity index (χ0n) is 17.0. The Morgan fingerprint density at radius 3 is 2.61 bits per heavy atom. The average Bonchev–Trinajstić information content (AvgIpc) is 3.06. The minimum atomic E-state index is -0.858. The summed E-state index contributed by atoms with van der Waals surface area (Å²) in [4.78, 5) is 39.7. The van der Waals surface area contributed by atoms with Crippen molar-refractivity contribution in [2.75, 3.05) is 11.9 Å². The zero-order valence-corrected chi connectivity index (χ0v) is 17.0. The maximum atomic E-state index is 14.2. The third-order valence-electron chi connectivity index (χ3n) is 5.41. The van der Waals surface area contributed by atoms with Gasteiger partial charge < -0.3 is 20.9 Å². The van der Waals surface area contributed by atoms with E-state index in [9.17, 15) is 23.2 Å². The first-order valence-electron chi connectivity index (χ1n) is 10.0. The molecule has 0 bridgehead atoms. The molecule has 0 aromatic heterocycles. The van der Waals surface area contributed by atoms with Gasteiger partial charge in [-0.3, -0.25) is 9.59 Å². The fraction of sp³-hybridized carbons (Fsp3) is 0.318. The maximum absolute atomic E-state index is 14.2. The molecule has 0 aliphatic carbocycles. The number of nitrogens with one attached hydrogen (secondary N) is 3. The molecule has 0 saturated carbocycles. The van der Waals surface area contributed by atoms with Crippen LogP contribution in [0.15, 0.2) is 36.4 Å². The molecule has 1 fully saturated rings. The van der Waals surface area contributed by atoms with Crippen molar-refractivity contribution in [1.29, 1.82) is 0 Å². The Bertz CT molecular complexity index is 1070. The molecule has 1 saturated heterocycles. The third-order valence-corrected chi connectivity index (χ3v) is 5.41. The predicted octanol–water partition coefficient (Wildman–Crippen LogP) is 2.87. The highest BCUT2D eigenvalue weighted by molar-refractivity contribution is 6.11. The Morgan fingerprint density at radius 2 is 1.90 bits per heavy atom. The highest BCUT2D eigenvalue weighted by atomic mass is 19.1. The fourth-order valence-electron chi connectivity index (χ4n) is 4.05. The van der Waals surface area contributed by atoms with Crippen LogP contribution < -0.4 is 16.0 Å². The quantitative estimate of drug-likeness (QED) is 0.702. The van der Waals surface area contributed by atoms with Crippen LogP contribution in [0.25, 0.3) is 11.1 Å². The highest BCUT2D eigenvalue weighted by Crippen LogP contribution is 2.33. The van der Waals surface area contributed by atoms with Crippen LogP contribution in [0.1, 0.15) is 30.6 Å². The monoisotopic (exact) mass is 428 g/mol. The summed E-state index contributed by atoms with van der Waals surface area (Å²) < 4.78 is 27.5. The van der Waals surface area contributed by atoms with E-state index in [-0.39, 0.29) is 23.7 Å². The lowest BCUT2D eigenvalue weighted by Gasteiger charge is -2.25. The number of rotatable bonds is 3. The summed E-state index contributed by atoms with van der Waals surface area (Å²) in [7, 11) is 0. The van der Waals surface area contributed by atoms with Crippen molar-refractivity contribution in [3.8, 4) is 11.1 Å². The molecule has 2 aromatic carbocycles. The van der Waals surface area contributed by atoms with E-state index in [1.807, 2.05) is 13.8 Å². The van der Waals surface area contributed by atoms with Gasteiger partial charge in [-0.25, -0.2) is 13.6 Å². The van der Waals surface area contributed by atoms with E-state index in [0.29, 0.717) is 17.7 Å². The van der Waals surface area contributed by atoms with Gasteiger partial charge in [0.05, 0.1) is 17.3 Å². The van der Waals surface area contributed by atoms with Gasteiger partial charge in [-0.05, 0) is 50.1 Å². The second-order valence-corrected chi connectivity index (χ2v) is 7.98. The first kappa shape index (κ1) is 20.8. The van der Waals surface area contributed by atoms with Crippen molar-refractivity contribution in [2.24, 2.45) is 0 Å². The number of carbonyl (C=O) groups is 3. The molecule has 2 aromatic rings. The van der Waals surface area contributed by atoms with E-state index < -0.39 is 41.6 Å². The summed E-state index contributed by atoms with van der Waals surface area (Å²) in [6.45, 7) is 3.93. The van der Waals surface area contributed by atoms with E-state index in [4.69, 9.17) is 0 Å². The van der Waals surface area contributed by atoms with Gasteiger partial charge in [-0.1, -0.05) is 6.07 Å². The number of amides is 4. The predicted molar refractivity (Wildman–Crippen MR) is 110 cm³/mol. The van der Waals surface area contributed by atoms with Crippen LogP contribution >= 0.6 is 0 Å². The summed E-state index contributed by atoms with van der Waals surface area (Å²) >= 11 is 0. The standard InChI is InChI=1S/C22H22F2N4O3/c1-11(2)25-22(31)27-18-7-8-28-19(18)20(29)26-17-6-3-12(9-15(17)21(28)30)14-5-4-13(23)10-16(14)24/h3-6,9-11,18-19H,7-8H2,1-2H3,(H,26,29)(H2,25,27,31). The molecule has 2 heterocycles. The molecular formula is C22H22F2N4O3. The van der Waals surface area contributed by atoms with Crippen molar-refractivity contribution in [3.63, 3.8) is 0 Å². The van der Waals surface area contributed by atoms with Crippen molar-refractivity contribution < 1.29 is 23.2 Å². The van der Waals surface area contributed by atoms with E-state index in [1.54, 1.807) is 6.07 Å². The van der Waals surface area contributed by atoms with Crippen LogP contribution in [-0.4, -0.2) is 47.4 Å². The summed E-state index contributed by atoms with van der Waals surface area (Å²) in [6.07, 6.45) is 0.428.